The molecule has 0 spiro atoms. The zero-order chi connectivity index (χ0) is 21.2. The molecule has 1 heterocycles. The van der Waals surface area contributed by atoms with Crippen LogP contribution >= 0.6 is 0 Å². The van der Waals surface area contributed by atoms with Gasteiger partial charge < -0.3 is 18.6 Å². The summed E-state index contributed by atoms with van der Waals surface area (Å²) in [4.78, 5) is 25.2. The Morgan fingerprint density at radius 2 is 1.66 bits per heavy atom. The third-order valence-corrected chi connectivity index (χ3v) is 3.78. The van der Waals surface area contributed by atoms with Crippen LogP contribution in [0.4, 0.5) is 0 Å². The average Bonchev–Trinajstić information content (AvgIpc) is 2.63. The lowest BCUT2D eigenvalue weighted by atomic mass is 10.1. The SMILES string of the molecule is CC(C)Oc1c(OC(=O)c2ccccc2)c(=O)oc2cccc(OC(C)(C)C)c12. The Bertz CT molecular complexity index is 1070. The summed E-state index contributed by atoms with van der Waals surface area (Å²) in [5, 5.41) is 0.437. The van der Waals surface area contributed by atoms with Crippen LogP contribution in [-0.2, 0) is 0 Å². The van der Waals surface area contributed by atoms with Crippen molar-refractivity contribution in [3.05, 3.63) is 64.5 Å². The minimum absolute atomic E-state index is 0.121. The van der Waals surface area contributed by atoms with Gasteiger partial charge in [0.25, 0.3) is 5.75 Å². The van der Waals surface area contributed by atoms with Gasteiger partial charge in [0.1, 0.15) is 22.3 Å². The van der Waals surface area contributed by atoms with Crippen molar-refractivity contribution in [2.24, 2.45) is 0 Å². The second-order valence-corrected chi connectivity index (χ2v) is 7.81. The van der Waals surface area contributed by atoms with Crippen LogP contribution < -0.4 is 19.8 Å². The second-order valence-electron chi connectivity index (χ2n) is 7.81. The first-order valence-corrected chi connectivity index (χ1v) is 9.38. The number of hydrogen-bond donors (Lipinski definition) is 0. The van der Waals surface area contributed by atoms with Gasteiger partial charge in [0.15, 0.2) is 5.75 Å². The van der Waals surface area contributed by atoms with Crippen LogP contribution in [0.2, 0.25) is 0 Å². The molecular weight excluding hydrogens is 372 g/mol. The zero-order valence-electron chi connectivity index (χ0n) is 17.1. The van der Waals surface area contributed by atoms with E-state index < -0.39 is 17.2 Å². The molecule has 0 amide bonds. The highest BCUT2D eigenvalue weighted by molar-refractivity contribution is 5.95. The number of hydrogen-bond acceptors (Lipinski definition) is 6. The lowest BCUT2D eigenvalue weighted by molar-refractivity contribution is 0.0718. The van der Waals surface area contributed by atoms with Crippen molar-refractivity contribution in [2.45, 2.75) is 46.3 Å². The maximum Gasteiger partial charge on any atom is 0.383 e. The molecule has 29 heavy (non-hydrogen) atoms. The van der Waals surface area contributed by atoms with Gasteiger partial charge in [-0.1, -0.05) is 24.3 Å². The van der Waals surface area contributed by atoms with Gasteiger partial charge in [-0.05, 0) is 58.9 Å². The molecule has 0 unspecified atom stereocenters. The van der Waals surface area contributed by atoms with Crippen molar-refractivity contribution >= 4 is 16.9 Å². The van der Waals surface area contributed by atoms with Crippen molar-refractivity contribution in [3.63, 3.8) is 0 Å². The normalized spacial score (nSPS) is 11.5. The van der Waals surface area contributed by atoms with E-state index in [1.807, 2.05) is 34.6 Å². The van der Waals surface area contributed by atoms with Gasteiger partial charge >= 0.3 is 11.6 Å². The van der Waals surface area contributed by atoms with Crippen LogP contribution in [0.5, 0.6) is 17.2 Å². The molecule has 0 atom stereocenters. The molecule has 0 aliphatic rings. The summed E-state index contributed by atoms with van der Waals surface area (Å²) in [5.74, 6) is -0.396. The Balaban J connectivity index is 2.20. The van der Waals surface area contributed by atoms with E-state index >= 15 is 0 Å². The molecule has 0 saturated heterocycles. The van der Waals surface area contributed by atoms with Gasteiger partial charge in [-0.2, -0.15) is 0 Å². The highest BCUT2D eigenvalue weighted by Gasteiger charge is 2.26. The predicted octanol–water partition coefficient (Wildman–Crippen LogP) is 4.98. The van der Waals surface area contributed by atoms with Crippen molar-refractivity contribution < 1.29 is 23.4 Å². The smallest absolute Gasteiger partial charge is 0.383 e. The van der Waals surface area contributed by atoms with Gasteiger partial charge in [-0.3, -0.25) is 0 Å². The van der Waals surface area contributed by atoms with E-state index in [0.29, 0.717) is 16.7 Å². The molecular formula is C23H24O6. The largest absolute Gasteiger partial charge is 0.487 e. The molecule has 0 aliphatic carbocycles. The minimum atomic E-state index is -0.801. The molecule has 3 rings (SSSR count). The number of fused-ring (bicyclic) bond motifs is 1. The summed E-state index contributed by atoms with van der Waals surface area (Å²) >= 11 is 0. The van der Waals surface area contributed by atoms with E-state index in [1.165, 1.54) is 0 Å². The fourth-order valence-corrected chi connectivity index (χ4v) is 2.75. The summed E-state index contributed by atoms with van der Waals surface area (Å²) in [5.41, 5.74) is -0.709. The molecule has 0 bridgehead atoms. The first-order valence-electron chi connectivity index (χ1n) is 9.38. The van der Waals surface area contributed by atoms with Crippen LogP contribution in [0, 0.1) is 0 Å². The van der Waals surface area contributed by atoms with Crippen molar-refractivity contribution in [3.8, 4) is 17.2 Å². The number of esters is 1. The fourth-order valence-electron chi connectivity index (χ4n) is 2.75. The van der Waals surface area contributed by atoms with E-state index in [2.05, 4.69) is 0 Å². The molecule has 0 saturated carbocycles. The number of ether oxygens (including phenoxy) is 3. The quantitative estimate of drug-likeness (QED) is 0.447. The molecule has 0 N–H and O–H groups in total. The van der Waals surface area contributed by atoms with Crippen LogP contribution in [0.15, 0.2) is 57.7 Å². The average molecular weight is 396 g/mol. The topological polar surface area (TPSA) is 75.0 Å². The molecule has 6 nitrogen and oxygen atoms in total. The van der Waals surface area contributed by atoms with E-state index in [4.69, 9.17) is 18.6 Å². The predicted molar refractivity (Wildman–Crippen MR) is 110 cm³/mol. The molecule has 0 fully saturated rings. The highest BCUT2D eigenvalue weighted by Crippen LogP contribution is 2.40. The first kappa shape index (κ1) is 20.5. The molecule has 6 heteroatoms. The van der Waals surface area contributed by atoms with Crippen LogP contribution in [0.1, 0.15) is 45.0 Å². The van der Waals surface area contributed by atoms with Gasteiger partial charge in [0.05, 0.1) is 11.7 Å². The number of rotatable bonds is 5. The number of carbonyl (C=O) groups excluding carboxylic acids is 1. The molecule has 3 aromatic rings. The summed E-state index contributed by atoms with van der Waals surface area (Å²) in [6.45, 7) is 9.35. The van der Waals surface area contributed by atoms with Crippen molar-refractivity contribution in [1.29, 1.82) is 0 Å². The Kier molecular flexibility index (Phi) is 5.64. The standard InChI is InChI=1S/C23H24O6/c1-14(2)26-19-18-16(12-9-13-17(18)29-23(3,4)5)27-22(25)20(19)28-21(24)15-10-7-6-8-11-15/h6-14H,1-5H3. The van der Waals surface area contributed by atoms with E-state index in [0.717, 1.165) is 0 Å². The van der Waals surface area contributed by atoms with Crippen LogP contribution in [0.3, 0.4) is 0 Å². The Morgan fingerprint density at radius 1 is 0.966 bits per heavy atom. The third-order valence-electron chi connectivity index (χ3n) is 3.78. The monoisotopic (exact) mass is 396 g/mol. The van der Waals surface area contributed by atoms with Crippen molar-refractivity contribution in [1.82, 2.24) is 0 Å². The summed E-state index contributed by atoms with van der Waals surface area (Å²) in [6, 6.07) is 13.5. The number of carbonyl (C=O) groups is 1. The summed E-state index contributed by atoms with van der Waals surface area (Å²) in [7, 11) is 0. The van der Waals surface area contributed by atoms with E-state index in [-0.39, 0.29) is 23.2 Å². The molecule has 1 aromatic heterocycles. The molecule has 2 aromatic carbocycles. The van der Waals surface area contributed by atoms with Gasteiger partial charge in [-0.25, -0.2) is 9.59 Å². The lowest BCUT2D eigenvalue weighted by Crippen LogP contribution is -2.23. The Morgan fingerprint density at radius 3 is 2.28 bits per heavy atom. The maximum atomic E-state index is 12.6. The summed E-state index contributed by atoms with van der Waals surface area (Å²) in [6.07, 6.45) is -0.281. The fraction of sp³-hybridized carbons (Fsp3) is 0.304. The van der Waals surface area contributed by atoms with Gasteiger partial charge in [0, 0.05) is 0 Å². The van der Waals surface area contributed by atoms with Crippen LogP contribution in [0.25, 0.3) is 11.0 Å². The van der Waals surface area contributed by atoms with Gasteiger partial charge in [0.2, 0.25) is 0 Å². The minimum Gasteiger partial charge on any atom is -0.487 e. The Hall–Kier alpha value is -3.28. The lowest BCUT2D eigenvalue weighted by Gasteiger charge is -2.23. The second kappa shape index (κ2) is 7.99. The highest BCUT2D eigenvalue weighted by atomic mass is 16.6. The molecule has 152 valence electrons. The number of benzene rings is 2. The van der Waals surface area contributed by atoms with Crippen LogP contribution in [-0.4, -0.2) is 17.7 Å². The van der Waals surface area contributed by atoms with E-state index in [9.17, 15) is 9.59 Å². The zero-order valence-corrected chi connectivity index (χ0v) is 17.1. The Labute approximate surface area is 169 Å². The molecule has 0 aliphatic heterocycles. The van der Waals surface area contributed by atoms with E-state index in [1.54, 1.807) is 48.5 Å². The van der Waals surface area contributed by atoms with Crippen molar-refractivity contribution in [2.75, 3.05) is 0 Å². The molecule has 0 radical (unpaired) electrons. The van der Waals surface area contributed by atoms with Gasteiger partial charge in [-0.15, -0.1) is 0 Å². The maximum absolute atomic E-state index is 12.6. The third kappa shape index (κ3) is 4.77. The summed E-state index contributed by atoms with van der Waals surface area (Å²) < 4.78 is 22.8. The first-order chi connectivity index (χ1) is 13.7.